The lowest BCUT2D eigenvalue weighted by molar-refractivity contribution is 0.564. The van der Waals surface area contributed by atoms with Gasteiger partial charge in [-0.15, -0.1) is 0 Å². The first-order valence-electron chi connectivity index (χ1n) is 2.96. The number of hydrazine groups is 1. The van der Waals surface area contributed by atoms with Crippen LogP contribution in [0.5, 0.6) is 0 Å². The summed E-state index contributed by atoms with van der Waals surface area (Å²) in [6.45, 7) is 2.10. The Labute approximate surface area is 50.8 Å². The van der Waals surface area contributed by atoms with Crippen molar-refractivity contribution in [3.63, 3.8) is 0 Å². The zero-order valence-electron chi connectivity index (χ0n) is 5.62. The largest absolute Gasteiger partial charge is 0.320 e. The van der Waals surface area contributed by atoms with Crippen LogP contribution in [0, 0.1) is 0 Å². The summed E-state index contributed by atoms with van der Waals surface area (Å²) in [4.78, 5) is 0. The Bertz CT molecular complexity index is 32.7. The first kappa shape index (κ1) is 7.88. The van der Waals surface area contributed by atoms with E-state index in [1.165, 1.54) is 0 Å². The maximum Gasteiger partial charge on any atom is 0.0112 e. The molecular weight excluding hydrogens is 102 g/mol. The predicted molar refractivity (Wildman–Crippen MR) is 35.6 cm³/mol. The minimum Gasteiger partial charge on any atom is -0.320 e. The maximum atomic E-state index is 3.06. The molecule has 0 radical (unpaired) electrons. The molecule has 0 heterocycles. The SMILES string of the molecule is CNCCCNNC. The van der Waals surface area contributed by atoms with E-state index in [0.29, 0.717) is 0 Å². The lowest BCUT2D eigenvalue weighted by atomic mass is 10.4. The molecule has 0 saturated heterocycles. The fourth-order valence-corrected chi connectivity index (χ4v) is 0.479. The van der Waals surface area contributed by atoms with Crippen molar-refractivity contribution in [2.75, 3.05) is 27.2 Å². The van der Waals surface area contributed by atoms with Gasteiger partial charge in [-0.05, 0) is 27.1 Å². The van der Waals surface area contributed by atoms with Crippen LogP contribution in [0.2, 0.25) is 0 Å². The monoisotopic (exact) mass is 117 g/mol. The molecule has 0 amide bonds. The van der Waals surface area contributed by atoms with Crippen LogP contribution in [0.15, 0.2) is 0 Å². The topological polar surface area (TPSA) is 36.1 Å². The Morgan fingerprint density at radius 3 is 2.38 bits per heavy atom. The van der Waals surface area contributed by atoms with Crippen molar-refractivity contribution >= 4 is 0 Å². The molecule has 0 aromatic carbocycles. The van der Waals surface area contributed by atoms with Gasteiger partial charge in [0.25, 0.3) is 0 Å². The molecule has 0 unspecified atom stereocenters. The van der Waals surface area contributed by atoms with E-state index in [4.69, 9.17) is 0 Å². The molecule has 0 atom stereocenters. The molecule has 0 fully saturated rings. The van der Waals surface area contributed by atoms with E-state index in [1.807, 2.05) is 14.1 Å². The van der Waals surface area contributed by atoms with Gasteiger partial charge in [-0.25, -0.2) is 0 Å². The molecule has 0 aliphatic heterocycles. The van der Waals surface area contributed by atoms with Crippen molar-refractivity contribution in [3.05, 3.63) is 0 Å². The first-order chi connectivity index (χ1) is 3.91. The summed E-state index contributed by atoms with van der Waals surface area (Å²) in [5, 5.41) is 3.06. The molecule has 50 valence electrons. The molecule has 3 N–H and O–H groups in total. The van der Waals surface area contributed by atoms with Crippen molar-refractivity contribution in [1.29, 1.82) is 0 Å². The summed E-state index contributed by atoms with van der Waals surface area (Å²) in [6.07, 6.45) is 1.16. The molecule has 0 aromatic heterocycles. The molecule has 0 saturated carbocycles. The highest BCUT2D eigenvalue weighted by atomic mass is 15.3. The summed E-state index contributed by atoms with van der Waals surface area (Å²) in [7, 11) is 3.83. The molecule has 0 spiro atoms. The number of rotatable bonds is 5. The highest BCUT2D eigenvalue weighted by molar-refractivity contribution is 4.42. The minimum atomic E-state index is 1.03. The van der Waals surface area contributed by atoms with Gasteiger partial charge in [0.1, 0.15) is 0 Å². The van der Waals surface area contributed by atoms with Crippen LogP contribution in [0.3, 0.4) is 0 Å². The van der Waals surface area contributed by atoms with Crippen molar-refractivity contribution in [3.8, 4) is 0 Å². The van der Waals surface area contributed by atoms with Gasteiger partial charge in [-0.2, -0.15) is 0 Å². The minimum absolute atomic E-state index is 1.03. The van der Waals surface area contributed by atoms with Gasteiger partial charge in [0.15, 0.2) is 0 Å². The van der Waals surface area contributed by atoms with Crippen LogP contribution < -0.4 is 16.2 Å². The molecule has 3 heteroatoms. The van der Waals surface area contributed by atoms with Crippen molar-refractivity contribution < 1.29 is 0 Å². The molecule has 0 bridgehead atoms. The smallest absolute Gasteiger partial charge is 0.0112 e. The van der Waals surface area contributed by atoms with E-state index in [9.17, 15) is 0 Å². The molecule has 8 heavy (non-hydrogen) atoms. The number of hydrogen-bond acceptors (Lipinski definition) is 3. The summed E-state index contributed by atoms with van der Waals surface area (Å²) in [5.74, 6) is 0. The number of nitrogens with one attached hydrogen (secondary N) is 3. The third-order valence-corrected chi connectivity index (χ3v) is 0.905. The predicted octanol–water partition coefficient (Wildman–Crippen LogP) is -0.680. The highest BCUT2D eigenvalue weighted by Gasteiger charge is 1.79. The Balaban J connectivity index is 2.53. The average Bonchev–Trinajstić information content (AvgIpc) is 1.81. The second-order valence-corrected chi connectivity index (χ2v) is 1.63. The van der Waals surface area contributed by atoms with Gasteiger partial charge in [-0.3, -0.25) is 10.9 Å². The highest BCUT2D eigenvalue weighted by Crippen LogP contribution is 1.66. The lowest BCUT2D eigenvalue weighted by Gasteiger charge is -1.99. The normalized spacial score (nSPS) is 9.75. The van der Waals surface area contributed by atoms with Crippen LogP contribution in [-0.2, 0) is 0 Å². The quantitative estimate of drug-likeness (QED) is 0.330. The van der Waals surface area contributed by atoms with Gasteiger partial charge < -0.3 is 5.32 Å². The maximum absolute atomic E-state index is 3.06. The van der Waals surface area contributed by atoms with E-state index in [1.54, 1.807) is 0 Å². The average molecular weight is 117 g/mol. The Morgan fingerprint density at radius 2 is 1.88 bits per heavy atom. The zero-order chi connectivity index (χ0) is 6.24. The third kappa shape index (κ3) is 5.88. The molecular formula is C5H15N3. The second kappa shape index (κ2) is 6.88. The van der Waals surface area contributed by atoms with Gasteiger partial charge in [0.2, 0.25) is 0 Å². The summed E-state index contributed by atoms with van der Waals surface area (Å²) >= 11 is 0. The van der Waals surface area contributed by atoms with Crippen LogP contribution in [0.25, 0.3) is 0 Å². The summed E-state index contributed by atoms with van der Waals surface area (Å²) in [6, 6.07) is 0. The molecule has 0 aliphatic carbocycles. The van der Waals surface area contributed by atoms with Crippen LogP contribution in [-0.4, -0.2) is 27.2 Å². The standard InChI is InChI=1S/C5H15N3/c1-6-4-3-5-8-7-2/h6-8H,3-5H2,1-2H3. The Kier molecular flexibility index (Phi) is 6.78. The molecule has 0 aromatic rings. The van der Waals surface area contributed by atoms with E-state index < -0.39 is 0 Å². The van der Waals surface area contributed by atoms with E-state index in [2.05, 4.69) is 16.2 Å². The van der Waals surface area contributed by atoms with Crippen LogP contribution >= 0.6 is 0 Å². The summed E-state index contributed by atoms with van der Waals surface area (Å²) < 4.78 is 0. The fraction of sp³-hybridized carbons (Fsp3) is 1.00. The van der Waals surface area contributed by atoms with Crippen LogP contribution in [0.4, 0.5) is 0 Å². The third-order valence-electron chi connectivity index (χ3n) is 0.905. The van der Waals surface area contributed by atoms with Crippen molar-refractivity contribution in [1.82, 2.24) is 16.2 Å². The summed E-state index contributed by atoms with van der Waals surface area (Å²) in [5.41, 5.74) is 5.84. The Hall–Kier alpha value is -0.120. The Morgan fingerprint density at radius 1 is 1.12 bits per heavy atom. The van der Waals surface area contributed by atoms with Gasteiger partial charge in [0, 0.05) is 6.54 Å². The van der Waals surface area contributed by atoms with Crippen molar-refractivity contribution in [2.24, 2.45) is 0 Å². The van der Waals surface area contributed by atoms with E-state index >= 15 is 0 Å². The van der Waals surface area contributed by atoms with Crippen LogP contribution in [0.1, 0.15) is 6.42 Å². The number of hydrogen-bond donors (Lipinski definition) is 3. The molecule has 0 rings (SSSR count). The lowest BCUT2D eigenvalue weighted by Crippen LogP contribution is -2.29. The zero-order valence-corrected chi connectivity index (χ0v) is 5.62. The van der Waals surface area contributed by atoms with Gasteiger partial charge >= 0.3 is 0 Å². The van der Waals surface area contributed by atoms with Crippen molar-refractivity contribution in [2.45, 2.75) is 6.42 Å². The van der Waals surface area contributed by atoms with Gasteiger partial charge in [0.05, 0.1) is 0 Å². The first-order valence-corrected chi connectivity index (χ1v) is 2.96. The van der Waals surface area contributed by atoms with E-state index in [0.717, 1.165) is 19.5 Å². The molecule has 0 aliphatic rings. The van der Waals surface area contributed by atoms with E-state index in [-0.39, 0.29) is 0 Å². The molecule has 3 nitrogen and oxygen atoms in total. The second-order valence-electron chi connectivity index (χ2n) is 1.63. The van der Waals surface area contributed by atoms with Gasteiger partial charge in [-0.1, -0.05) is 0 Å². The fourth-order valence-electron chi connectivity index (χ4n) is 0.479.